The Morgan fingerprint density at radius 2 is 2.04 bits per heavy atom. The van der Waals surface area contributed by atoms with Crippen molar-refractivity contribution in [3.8, 4) is 5.75 Å². The summed E-state index contributed by atoms with van der Waals surface area (Å²) in [7, 11) is 3.52. The van der Waals surface area contributed by atoms with Crippen LogP contribution in [0.15, 0.2) is 23.2 Å². The smallest absolute Gasteiger partial charge is 0.191 e. The summed E-state index contributed by atoms with van der Waals surface area (Å²) in [5.74, 6) is 2.61. The van der Waals surface area contributed by atoms with Gasteiger partial charge in [-0.15, -0.1) is 24.0 Å². The van der Waals surface area contributed by atoms with Crippen molar-refractivity contribution >= 4 is 29.9 Å². The summed E-state index contributed by atoms with van der Waals surface area (Å²) in [5, 5.41) is 6.74. The van der Waals surface area contributed by atoms with E-state index in [1.807, 2.05) is 0 Å². The zero-order valence-corrected chi connectivity index (χ0v) is 17.3. The monoisotopic (exact) mass is 447 g/mol. The van der Waals surface area contributed by atoms with E-state index in [0.29, 0.717) is 13.2 Å². The van der Waals surface area contributed by atoms with Crippen molar-refractivity contribution in [2.45, 2.75) is 32.7 Å². The maximum Gasteiger partial charge on any atom is 0.191 e. The second-order valence-corrected chi connectivity index (χ2v) is 6.06. The molecular weight excluding hydrogens is 417 g/mol. The third-order valence-corrected chi connectivity index (χ3v) is 3.90. The van der Waals surface area contributed by atoms with Gasteiger partial charge < -0.3 is 20.1 Å². The molecule has 0 spiro atoms. The molecule has 0 aromatic heterocycles. The van der Waals surface area contributed by atoms with Crippen LogP contribution in [0.5, 0.6) is 5.75 Å². The number of benzene rings is 1. The molecule has 1 aliphatic rings. The summed E-state index contributed by atoms with van der Waals surface area (Å²) >= 11 is 0. The van der Waals surface area contributed by atoms with Gasteiger partial charge in [0, 0.05) is 45.8 Å². The lowest BCUT2D eigenvalue weighted by molar-refractivity contribution is 0.172. The summed E-state index contributed by atoms with van der Waals surface area (Å²) in [6, 6.07) is 6.31. The van der Waals surface area contributed by atoms with Crippen molar-refractivity contribution < 1.29 is 9.47 Å². The third kappa shape index (κ3) is 7.70. The molecule has 1 fully saturated rings. The Kier molecular flexibility index (Phi) is 10.1. The molecule has 24 heavy (non-hydrogen) atoms. The number of nitrogens with zero attached hydrogens (tertiary/aromatic N) is 1. The maximum atomic E-state index is 5.91. The third-order valence-electron chi connectivity index (χ3n) is 3.90. The van der Waals surface area contributed by atoms with E-state index in [1.165, 1.54) is 18.4 Å². The van der Waals surface area contributed by atoms with E-state index < -0.39 is 0 Å². The fraction of sp³-hybridized carbons (Fsp3) is 0.611. The van der Waals surface area contributed by atoms with E-state index in [4.69, 9.17) is 9.47 Å². The fourth-order valence-electron chi connectivity index (χ4n) is 2.29. The number of guanidine groups is 1. The number of halogens is 1. The van der Waals surface area contributed by atoms with E-state index in [1.54, 1.807) is 14.2 Å². The zero-order chi connectivity index (χ0) is 16.5. The van der Waals surface area contributed by atoms with Crippen LogP contribution in [0.2, 0.25) is 0 Å². The van der Waals surface area contributed by atoms with Gasteiger partial charge >= 0.3 is 0 Å². The van der Waals surface area contributed by atoms with Crippen LogP contribution in [0.4, 0.5) is 0 Å². The number of methoxy groups -OCH3 is 1. The highest BCUT2D eigenvalue weighted by Crippen LogP contribution is 2.27. The molecule has 0 amide bonds. The second-order valence-electron chi connectivity index (χ2n) is 6.06. The van der Waals surface area contributed by atoms with Crippen LogP contribution < -0.4 is 15.4 Å². The largest absolute Gasteiger partial charge is 0.493 e. The van der Waals surface area contributed by atoms with Crippen molar-refractivity contribution in [2.24, 2.45) is 10.9 Å². The number of nitrogens with one attached hydrogen (secondary N) is 2. The molecule has 6 heteroatoms. The Morgan fingerprint density at radius 1 is 1.25 bits per heavy atom. The van der Waals surface area contributed by atoms with Gasteiger partial charge in [0.15, 0.2) is 5.96 Å². The van der Waals surface area contributed by atoms with Crippen molar-refractivity contribution in [3.05, 3.63) is 29.3 Å². The van der Waals surface area contributed by atoms with Gasteiger partial charge in [-0.3, -0.25) is 4.99 Å². The first kappa shape index (κ1) is 21.0. The van der Waals surface area contributed by atoms with E-state index in [9.17, 15) is 0 Å². The van der Waals surface area contributed by atoms with Crippen molar-refractivity contribution in [3.63, 3.8) is 0 Å². The molecule has 0 aliphatic heterocycles. The Balaban J connectivity index is 0.00000288. The molecule has 0 heterocycles. The molecular formula is C18H30IN3O2. The van der Waals surface area contributed by atoms with E-state index >= 15 is 0 Å². The summed E-state index contributed by atoms with van der Waals surface area (Å²) < 4.78 is 11.0. The molecule has 0 unspecified atom stereocenters. The first-order chi connectivity index (χ1) is 11.2. The van der Waals surface area contributed by atoms with Crippen LogP contribution in [0.25, 0.3) is 0 Å². The lowest BCUT2D eigenvalue weighted by atomic mass is 10.1. The molecule has 136 valence electrons. The lowest BCUT2D eigenvalue weighted by Crippen LogP contribution is -2.37. The molecule has 1 aromatic carbocycles. The van der Waals surface area contributed by atoms with Crippen molar-refractivity contribution in [2.75, 3.05) is 33.9 Å². The number of ether oxygens (including phenoxy) is 2. The van der Waals surface area contributed by atoms with Gasteiger partial charge in [0.05, 0.1) is 6.61 Å². The highest BCUT2D eigenvalue weighted by atomic mass is 127. The maximum absolute atomic E-state index is 5.91. The van der Waals surface area contributed by atoms with Crippen LogP contribution in [-0.4, -0.2) is 39.9 Å². The number of rotatable bonds is 9. The molecule has 1 saturated carbocycles. The Hall–Kier alpha value is -1.02. The summed E-state index contributed by atoms with van der Waals surface area (Å²) in [5.41, 5.74) is 2.34. The van der Waals surface area contributed by atoms with Gasteiger partial charge in [-0.25, -0.2) is 0 Å². The van der Waals surface area contributed by atoms with Gasteiger partial charge in [0.2, 0.25) is 0 Å². The number of aryl methyl sites for hydroxylation is 1. The minimum absolute atomic E-state index is 0. The SMILES string of the molecule is CN=C(NCc1ccc(C)cc1OCCCOC)NCC1CC1.I. The predicted molar refractivity (Wildman–Crippen MR) is 110 cm³/mol. The average Bonchev–Trinajstić information content (AvgIpc) is 3.37. The standard InChI is InChI=1S/C18H29N3O2.HI/c1-14-5-8-16(17(11-14)23-10-4-9-22-3)13-21-18(19-2)20-12-15-6-7-15;/h5,8,11,15H,4,6-7,9-10,12-13H2,1-3H3,(H2,19,20,21);1H. The molecule has 1 aromatic rings. The van der Waals surface area contributed by atoms with E-state index in [2.05, 4.69) is 40.7 Å². The molecule has 5 nitrogen and oxygen atoms in total. The van der Waals surface area contributed by atoms with Gasteiger partial charge in [-0.2, -0.15) is 0 Å². The Bertz CT molecular complexity index is 519. The zero-order valence-electron chi connectivity index (χ0n) is 14.9. The van der Waals surface area contributed by atoms with Gasteiger partial charge in [0.1, 0.15) is 5.75 Å². The van der Waals surface area contributed by atoms with Crippen LogP contribution in [0.3, 0.4) is 0 Å². The predicted octanol–water partition coefficient (Wildman–Crippen LogP) is 3.10. The number of hydrogen-bond acceptors (Lipinski definition) is 3. The minimum Gasteiger partial charge on any atom is -0.493 e. The van der Waals surface area contributed by atoms with Crippen LogP contribution in [0, 0.1) is 12.8 Å². The quantitative estimate of drug-likeness (QED) is 0.265. The van der Waals surface area contributed by atoms with Crippen LogP contribution in [0.1, 0.15) is 30.4 Å². The van der Waals surface area contributed by atoms with Gasteiger partial charge in [0.25, 0.3) is 0 Å². The van der Waals surface area contributed by atoms with Gasteiger partial charge in [-0.1, -0.05) is 12.1 Å². The Labute approximate surface area is 162 Å². The topological polar surface area (TPSA) is 54.9 Å². The van der Waals surface area contributed by atoms with Gasteiger partial charge in [-0.05, 0) is 37.3 Å². The number of hydrogen-bond donors (Lipinski definition) is 2. The molecule has 0 radical (unpaired) electrons. The minimum atomic E-state index is 0. The molecule has 2 rings (SSSR count). The highest BCUT2D eigenvalue weighted by molar-refractivity contribution is 14.0. The molecule has 0 saturated heterocycles. The lowest BCUT2D eigenvalue weighted by Gasteiger charge is -2.15. The summed E-state index contributed by atoms with van der Waals surface area (Å²) in [6.07, 6.45) is 3.56. The summed E-state index contributed by atoms with van der Waals surface area (Å²) in [4.78, 5) is 4.27. The molecule has 0 bridgehead atoms. The van der Waals surface area contributed by atoms with Crippen LogP contribution >= 0.6 is 24.0 Å². The normalized spacial score (nSPS) is 14.0. The molecule has 0 atom stereocenters. The molecule has 2 N–H and O–H groups in total. The first-order valence-electron chi connectivity index (χ1n) is 8.38. The van der Waals surface area contributed by atoms with E-state index in [-0.39, 0.29) is 24.0 Å². The second kappa shape index (κ2) is 11.5. The van der Waals surface area contributed by atoms with Crippen molar-refractivity contribution in [1.29, 1.82) is 0 Å². The van der Waals surface area contributed by atoms with E-state index in [0.717, 1.165) is 42.8 Å². The highest BCUT2D eigenvalue weighted by Gasteiger charge is 2.21. The van der Waals surface area contributed by atoms with Crippen molar-refractivity contribution in [1.82, 2.24) is 10.6 Å². The first-order valence-corrected chi connectivity index (χ1v) is 8.38. The molecule has 1 aliphatic carbocycles. The summed E-state index contributed by atoms with van der Waals surface area (Å²) in [6.45, 7) is 5.17. The average molecular weight is 447 g/mol. The Morgan fingerprint density at radius 3 is 2.71 bits per heavy atom. The van der Waals surface area contributed by atoms with Crippen LogP contribution in [-0.2, 0) is 11.3 Å². The fourth-order valence-corrected chi connectivity index (χ4v) is 2.29. The number of aliphatic imine (C=N–C) groups is 1.